The van der Waals surface area contributed by atoms with Crippen molar-refractivity contribution < 1.29 is 17.9 Å². The zero-order valence-electron chi connectivity index (χ0n) is 13.3. The van der Waals surface area contributed by atoms with Crippen LogP contribution in [0.15, 0.2) is 27.6 Å². The molecule has 9 heteroatoms. The maximum atomic E-state index is 12.1. The summed E-state index contributed by atoms with van der Waals surface area (Å²) in [7, 11) is -3.68. The molecule has 0 aromatic heterocycles. The monoisotopic (exact) mass is 407 g/mol. The molecule has 1 aromatic carbocycles. The molecule has 0 aliphatic rings. The van der Waals surface area contributed by atoms with Gasteiger partial charge >= 0.3 is 6.09 Å². The van der Waals surface area contributed by atoms with Gasteiger partial charge in [0.2, 0.25) is 10.0 Å². The number of alkyl carbamates (subject to hydrolysis) is 1. The van der Waals surface area contributed by atoms with Gasteiger partial charge in [0.15, 0.2) is 0 Å². The quantitative estimate of drug-likeness (QED) is 0.494. The molecule has 0 saturated heterocycles. The first-order valence-corrected chi connectivity index (χ1v) is 9.30. The zero-order valence-corrected chi connectivity index (χ0v) is 15.8. The highest BCUT2D eigenvalue weighted by molar-refractivity contribution is 9.10. The summed E-state index contributed by atoms with van der Waals surface area (Å²) in [4.78, 5) is 11.5. The average molecular weight is 408 g/mol. The van der Waals surface area contributed by atoms with E-state index in [-0.39, 0.29) is 17.1 Å². The fourth-order valence-corrected chi connectivity index (χ4v) is 3.21. The molecule has 1 rings (SSSR count). The summed E-state index contributed by atoms with van der Waals surface area (Å²) < 4.78 is 32.5. The summed E-state index contributed by atoms with van der Waals surface area (Å²) in [6.07, 6.45) is -0.105. The van der Waals surface area contributed by atoms with Crippen LogP contribution in [0.4, 0.5) is 10.5 Å². The number of benzene rings is 1. The number of sulfonamides is 1. The van der Waals surface area contributed by atoms with Crippen molar-refractivity contribution in [1.82, 2.24) is 10.0 Å². The van der Waals surface area contributed by atoms with E-state index in [2.05, 4.69) is 26.0 Å². The molecule has 23 heavy (non-hydrogen) atoms. The number of rotatable bonds is 6. The Morgan fingerprint density at radius 2 is 1.96 bits per heavy atom. The number of ether oxygens (including phenoxy) is 1. The second-order valence-corrected chi connectivity index (χ2v) is 8.51. The molecular formula is C14H22BrN3O4S. The van der Waals surface area contributed by atoms with E-state index in [1.165, 1.54) is 12.1 Å². The Hall–Kier alpha value is -1.32. The molecular weight excluding hydrogens is 386 g/mol. The number of amides is 1. The smallest absolute Gasteiger partial charge is 0.407 e. The van der Waals surface area contributed by atoms with Crippen LogP contribution < -0.4 is 15.8 Å². The topological polar surface area (TPSA) is 111 Å². The van der Waals surface area contributed by atoms with E-state index in [1.807, 2.05) is 0 Å². The lowest BCUT2D eigenvalue weighted by molar-refractivity contribution is 0.0527. The number of carbonyl (C=O) groups is 1. The van der Waals surface area contributed by atoms with Crippen LogP contribution in [-0.2, 0) is 14.8 Å². The molecule has 0 radical (unpaired) electrons. The average Bonchev–Trinajstić information content (AvgIpc) is 2.35. The van der Waals surface area contributed by atoms with Gasteiger partial charge in [-0.1, -0.05) is 15.9 Å². The van der Waals surface area contributed by atoms with Crippen LogP contribution in [0.3, 0.4) is 0 Å². The highest BCUT2D eigenvalue weighted by Crippen LogP contribution is 2.22. The fourth-order valence-electron chi connectivity index (χ4n) is 1.64. The lowest BCUT2D eigenvalue weighted by Gasteiger charge is -2.19. The summed E-state index contributed by atoms with van der Waals surface area (Å²) in [6, 6.07) is 4.56. The van der Waals surface area contributed by atoms with Crippen molar-refractivity contribution in [2.45, 2.75) is 37.7 Å². The highest BCUT2D eigenvalue weighted by atomic mass is 79.9. The number of nitrogens with one attached hydrogen (secondary N) is 2. The first-order chi connectivity index (χ1) is 10.5. The first kappa shape index (κ1) is 19.7. The predicted molar refractivity (Wildman–Crippen MR) is 92.6 cm³/mol. The van der Waals surface area contributed by atoms with Gasteiger partial charge in [0.1, 0.15) is 10.5 Å². The van der Waals surface area contributed by atoms with Crippen LogP contribution in [0.1, 0.15) is 27.2 Å². The predicted octanol–water partition coefficient (Wildman–Crippen LogP) is 2.22. The standard InChI is InChI=1S/C14H22BrN3O4S/c1-14(2,3)22-13(19)17-7-4-8-18-23(20,21)12-6-5-10(15)9-11(12)16/h5-6,9,18H,4,7-8,16H2,1-3H3,(H,17,19). The molecule has 0 fully saturated rings. The van der Waals surface area contributed by atoms with Gasteiger partial charge < -0.3 is 15.8 Å². The normalized spacial score (nSPS) is 12.0. The Labute approximate surface area is 145 Å². The van der Waals surface area contributed by atoms with Gasteiger partial charge in [-0.05, 0) is 45.4 Å². The third kappa shape index (κ3) is 7.19. The summed E-state index contributed by atoms with van der Waals surface area (Å²) >= 11 is 3.22. The van der Waals surface area contributed by atoms with E-state index in [0.29, 0.717) is 17.4 Å². The minimum absolute atomic E-state index is 0.0285. The fraction of sp³-hybridized carbons (Fsp3) is 0.500. The van der Waals surface area contributed by atoms with Crippen molar-refractivity contribution in [2.24, 2.45) is 0 Å². The Balaban J connectivity index is 2.42. The van der Waals surface area contributed by atoms with Gasteiger partial charge in [-0.3, -0.25) is 0 Å². The van der Waals surface area contributed by atoms with E-state index in [0.717, 1.165) is 0 Å². The third-order valence-corrected chi connectivity index (χ3v) is 4.60. The molecule has 1 amide bonds. The van der Waals surface area contributed by atoms with Gasteiger partial charge in [0.05, 0.1) is 5.69 Å². The van der Waals surface area contributed by atoms with E-state index in [1.54, 1.807) is 26.8 Å². The molecule has 130 valence electrons. The molecule has 7 nitrogen and oxygen atoms in total. The number of anilines is 1. The first-order valence-electron chi connectivity index (χ1n) is 7.03. The van der Waals surface area contributed by atoms with Gasteiger partial charge in [-0.15, -0.1) is 0 Å². The van der Waals surface area contributed by atoms with Crippen LogP contribution in [0.25, 0.3) is 0 Å². The van der Waals surface area contributed by atoms with Crippen molar-refractivity contribution in [3.05, 3.63) is 22.7 Å². The number of hydrogen-bond acceptors (Lipinski definition) is 5. The lowest BCUT2D eigenvalue weighted by atomic mass is 10.2. The van der Waals surface area contributed by atoms with Gasteiger partial charge in [-0.2, -0.15) is 0 Å². The van der Waals surface area contributed by atoms with Crippen LogP contribution in [-0.4, -0.2) is 33.2 Å². The molecule has 0 spiro atoms. The number of nitrogen functional groups attached to an aromatic ring is 1. The molecule has 0 atom stereocenters. The highest BCUT2D eigenvalue weighted by Gasteiger charge is 2.17. The van der Waals surface area contributed by atoms with Crippen molar-refractivity contribution in [3.8, 4) is 0 Å². The van der Waals surface area contributed by atoms with Crippen LogP contribution in [0.2, 0.25) is 0 Å². The Bertz CT molecular complexity index is 656. The second-order valence-electron chi connectivity index (χ2n) is 5.86. The van der Waals surface area contributed by atoms with Crippen LogP contribution >= 0.6 is 15.9 Å². The van der Waals surface area contributed by atoms with Crippen molar-refractivity contribution in [1.29, 1.82) is 0 Å². The van der Waals surface area contributed by atoms with E-state index in [9.17, 15) is 13.2 Å². The molecule has 4 N–H and O–H groups in total. The third-order valence-electron chi connectivity index (χ3n) is 2.58. The molecule has 0 aliphatic carbocycles. The summed E-state index contributed by atoms with van der Waals surface area (Å²) in [5.74, 6) is 0. The number of hydrogen-bond donors (Lipinski definition) is 3. The largest absolute Gasteiger partial charge is 0.444 e. The molecule has 0 bridgehead atoms. The van der Waals surface area contributed by atoms with Gasteiger partial charge in [0.25, 0.3) is 0 Å². The number of nitrogens with two attached hydrogens (primary N) is 1. The molecule has 0 aliphatic heterocycles. The number of halogens is 1. The van der Waals surface area contributed by atoms with Crippen LogP contribution in [0.5, 0.6) is 0 Å². The summed E-state index contributed by atoms with van der Waals surface area (Å²) in [5.41, 5.74) is 5.31. The van der Waals surface area contributed by atoms with E-state index >= 15 is 0 Å². The van der Waals surface area contributed by atoms with Gasteiger partial charge in [0, 0.05) is 17.6 Å². The van der Waals surface area contributed by atoms with E-state index < -0.39 is 21.7 Å². The maximum Gasteiger partial charge on any atom is 0.407 e. The van der Waals surface area contributed by atoms with Crippen molar-refractivity contribution >= 4 is 37.7 Å². The van der Waals surface area contributed by atoms with Crippen LogP contribution in [0, 0.1) is 0 Å². The molecule has 0 saturated carbocycles. The number of carbonyl (C=O) groups excluding carboxylic acids is 1. The van der Waals surface area contributed by atoms with E-state index in [4.69, 9.17) is 10.5 Å². The van der Waals surface area contributed by atoms with Crippen molar-refractivity contribution in [3.63, 3.8) is 0 Å². The Morgan fingerprint density at radius 3 is 2.52 bits per heavy atom. The minimum atomic E-state index is -3.68. The Kier molecular flexibility index (Phi) is 6.84. The SMILES string of the molecule is CC(C)(C)OC(=O)NCCCNS(=O)(=O)c1ccc(Br)cc1N. The maximum absolute atomic E-state index is 12.1. The molecule has 0 heterocycles. The van der Waals surface area contributed by atoms with Crippen molar-refractivity contribution in [2.75, 3.05) is 18.8 Å². The summed E-state index contributed by atoms with van der Waals surface area (Å²) in [5, 5.41) is 2.56. The summed E-state index contributed by atoms with van der Waals surface area (Å²) in [6.45, 7) is 5.77. The zero-order chi connectivity index (χ0) is 17.7. The Morgan fingerprint density at radius 1 is 1.30 bits per heavy atom. The molecule has 0 unspecified atom stereocenters. The molecule has 1 aromatic rings. The lowest BCUT2D eigenvalue weighted by Crippen LogP contribution is -2.34. The van der Waals surface area contributed by atoms with Gasteiger partial charge in [-0.25, -0.2) is 17.9 Å². The second kappa shape index (κ2) is 7.98. The minimum Gasteiger partial charge on any atom is -0.444 e.